The molecule has 0 saturated carbocycles. The minimum atomic E-state index is -0.348. The molecule has 122 valence electrons. The number of hydrogen-bond acceptors (Lipinski definition) is 6. The zero-order chi connectivity index (χ0) is 16.2. The molecule has 0 radical (unpaired) electrons. The maximum absolute atomic E-state index is 12.1. The first kappa shape index (κ1) is 16.9. The zero-order valence-corrected chi connectivity index (χ0v) is 14.5. The lowest BCUT2D eigenvalue weighted by Gasteiger charge is -2.28. The van der Waals surface area contributed by atoms with E-state index in [1.807, 2.05) is 45.5 Å². The van der Waals surface area contributed by atoms with Crippen LogP contribution in [0, 0.1) is 0 Å². The Morgan fingerprint density at radius 2 is 2.00 bits per heavy atom. The zero-order valence-electron chi connectivity index (χ0n) is 13.7. The number of rotatable bonds is 4. The molecule has 7 heteroatoms. The van der Waals surface area contributed by atoms with Gasteiger partial charge in [-0.05, 0) is 27.7 Å². The number of carbonyl (C=O) groups excluding carboxylic acids is 1. The number of nitrogens with zero attached hydrogens (tertiary/aromatic N) is 3. The Morgan fingerprint density at radius 3 is 2.64 bits per heavy atom. The van der Waals surface area contributed by atoms with E-state index in [9.17, 15) is 4.79 Å². The maximum Gasteiger partial charge on any atom is 0.242 e. The first-order chi connectivity index (χ1) is 10.3. The van der Waals surface area contributed by atoms with E-state index in [0.717, 1.165) is 30.4 Å². The van der Waals surface area contributed by atoms with Gasteiger partial charge in [0.2, 0.25) is 5.91 Å². The molecule has 1 aromatic rings. The average molecular weight is 323 g/mol. The number of aromatic nitrogens is 2. The fourth-order valence-electron chi connectivity index (χ4n) is 2.16. The SMILES string of the molecule is CC(Nc1cc(N2CCSCC2)ncn1)C(=O)NC(C)(C)C. The van der Waals surface area contributed by atoms with E-state index in [1.165, 1.54) is 0 Å². The summed E-state index contributed by atoms with van der Waals surface area (Å²) in [5.41, 5.74) is -0.241. The van der Waals surface area contributed by atoms with Gasteiger partial charge in [-0.1, -0.05) is 0 Å². The molecule has 2 heterocycles. The van der Waals surface area contributed by atoms with Crippen LogP contribution in [0.25, 0.3) is 0 Å². The molecule has 2 N–H and O–H groups in total. The van der Waals surface area contributed by atoms with Gasteiger partial charge in [0, 0.05) is 36.2 Å². The molecular formula is C15H25N5OS. The summed E-state index contributed by atoms with van der Waals surface area (Å²) in [6.07, 6.45) is 1.55. The van der Waals surface area contributed by atoms with Crippen molar-refractivity contribution in [1.82, 2.24) is 15.3 Å². The smallest absolute Gasteiger partial charge is 0.242 e. The lowest BCUT2D eigenvalue weighted by molar-refractivity contribution is -0.122. The van der Waals surface area contributed by atoms with Gasteiger partial charge in [-0.2, -0.15) is 11.8 Å². The molecule has 1 unspecified atom stereocenters. The highest BCUT2D eigenvalue weighted by molar-refractivity contribution is 7.99. The van der Waals surface area contributed by atoms with Crippen LogP contribution in [0.5, 0.6) is 0 Å². The topological polar surface area (TPSA) is 70.1 Å². The summed E-state index contributed by atoms with van der Waals surface area (Å²) in [6.45, 7) is 9.74. The summed E-state index contributed by atoms with van der Waals surface area (Å²) in [6, 6.07) is 1.57. The molecule has 0 bridgehead atoms. The average Bonchev–Trinajstić information content (AvgIpc) is 2.46. The van der Waals surface area contributed by atoms with Gasteiger partial charge < -0.3 is 15.5 Å². The Kier molecular flexibility index (Phi) is 5.50. The molecule has 22 heavy (non-hydrogen) atoms. The molecule has 1 aliphatic heterocycles. The standard InChI is InChI=1S/C15H25N5OS/c1-11(14(21)19-15(2,3)4)18-12-9-13(17-10-16-12)20-5-7-22-8-6-20/h9-11H,5-8H2,1-4H3,(H,19,21)(H,16,17,18). The fraction of sp³-hybridized carbons (Fsp3) is 0.667. The van der Waals surface area contributed by atoms with Crippen molar-refractivity contribution in [3.05, 3.63) is 12.4 Å². The molecule has 1 amide bonds. The molecule has 0 spiro atoms. The lowest BCUT2D eigenvalue weighted by Crippen LogP contribution is -2.47. The van der Waals surface area contributed by atoms with Gasteiger partial charge in [0.15, 0.2) is 0 Å². The van der Waals surface area contributed by atoms with Gasteiger partial charge >= 0.3 is 0 Å². The Morgan fingerprint density at radius 1 is 1.32 bits per heavy atom. The van der Waals surface area contributed by atoms with Gasteiger partial charge in [0.05, 0.1) is 0 Å². The Bertz CT molecular complexity index is 511. The van der Waals surface area contributed by atoms with Crippen LogP contribution in [0.3, 0.4) is 0 Å². The number of anilines is 2. The molecule has 6 nitrogen and oxygen atoms in total. The number of nitrogens with one attached hydrogen (secondary N) is 2. The third-order valence-electron chi connectivity index (χ3n) is 3.24. The van der Waals surface area contributed by atoms with Crippen LogP contribution < -0.4 is 15.5 Å². The molecule has 0 aromatic carbocycles. The van der Waals surface area contributed by atoms with Crippen LogP contribution in [0.4, 0.5) is 11.6 Å². The first-order valence-corrected chi connectivity index (χ1v) is 8.74. The van der Waals surface area contributed by atoms with Crippen molar-refractivity contribution in [2.24, 2.45) is 0 Å². The molecular weight excluding hydrogens is 298 g/mol. The number of amides is 1. The Hall–Kier alpha value is -1.50. The molecule has 1 atom stereocenters. The van der Waals surface area contributed by atoms with Gasteiger partial charge in [-0.25, -0.2) is 9.97 Å². The predicted octanol–water partition coefficient (Wildman–Crippen LogP) is 1.74. The second kappa shape index (κ2) is 7.17. The monoisotopic (exact) mass is 323 g/mol. The van der Waals surface area contributed by atoms with Crippen LogP contribution in [0.2, 0.25) is 0 Å². The van der Waals surface area contributed by atoms with Crippen molar-refractivity contribution < 1.29 is 4.79 Å². The van der Waals surface area contributed by atoms with E-state index in [0.29, 0.717) is 5.82 Å². The molecule has 1 aliphatic rings. The molecule has 2 rings (SSSR count). The van der Waals surface area contributed by atoms with E-state index in [2.05, 4.69) is 25.5 Å². The minimum Gasteiger partial charge on any atom is -0.358 e. The number of hydrogen-bond donors (Lipinski definition) is 2. The summed E-state index contributed by atoms with van der Waals surface area (Å²) in [5.74, 6) is 3.80. The summed E-state index contributed by atoms with van der Waals surface area (Å²) in [7, 11) is 0. The van der Waals surface area contributed by atoms with Gasteiger partial charge in [-0.15, -0.1) is 0 Å². The van der Waals surface area contributed by atoms with Crippen molar-refractivity contribution in [3.63, 3.8) is 0 Å². The summed E-state index contributed by atoms with van der Waals surface area (Å²) >= 11 is 1.96. The van der Waals surface area contributed by atoms with Crippen LogP contribution in [-0.2, 0) is 4.79 Å². The van der Waals surface area contributed by atoms with E-state index in [4.69, 9.17) is 0 Å². The largest absolute Gasteiger partial charge is 0.358 e. The Labute approximate surface area is 136 Å². The van der Waals surface area contributed by atoms with E-state index >= 15 is 0 Å². The van der Waals surface area contributed by atoms with Gasteiger partial charge in [0.25, 0.3) is 0 Å². The highest BCUT2D eigenvalue weighted by Crippen LogP contribution is 2.19. The van der Waals surface area contributed by atoms with Crippen LogP contribution in [0.1, 0.15) is 27.7 Å². The van der Waals surface area contributed by atoms with Crippen molar-refractivity contribution in [3.8, 4) is 0 Å². The summed E-state index contributed by atoms with van der Waals surface area (Å²) < 4.78 is 0. The van der Waals surface area contributed by atoms with E-state index in [1.54, 1.807) is 6.33 Å². The predicted molar refractivity (Wildman–Crippen MR) is 92.6 cm³/mol. The lowest BCUT2D eigenvalue weighted by atomic mass is 10.1. The van der Waals surface area contributed by atoms with Crippen molar-refractivity contribution in [1.29, 1.82) is 0 Å². The second-order valence-electron chi connectivity index (χ2n) is 6.47. The second-order valence-corrected chi connectivity index (χ2v) is 7.69. The van der Waals surface area contributed by atoms with Crippen molar-refractivity contribution >= 4 is 29.3 Å². The van der Waals surface area contributed by atoms with Crippen LogP contribution in [-0.4, -0.2) is 52.1 Å². The molecule has 1 saturated heterocycles. The van der Waals surface area contributed by atoms with Crippen LogP contribution in [0.15, 0.2) is 12.4 Å². The van der Waals surface area contributed by atoms with Crippen molar-refractivity contribution in [2.45, 2.75) is 39.3 Å². The summed E-state index contributed by atoms with van der Waals surface area (Å²) in [5, 5.41) is 6.11. The molecule has 1 aromatic heterocycles. The quantitative estimate of drug-likeness (QED) is 0.880. The normalized spacial score (nSPS) is 17.0. The highest BCUT2D eigenvalue weighted by atomic mass is 32.2. The maximum atomic E-state index is 12.1. The fourth-order valence-corrected chi connectivity index (χ4v) is 3.06. The van der Waals surface area contributed by atoms with Gasteiger partial charge in [-0.3, -0.25) is 4.79 Å². The highest BCUT2D eigenvalue weighted by Gasteiger charge is 2.20. The molecule has 0 aliphatic carbocycles. The first-order valence-electron chi connectivity index (χ1n) is 7.58. The van der Waals surface area contributed by atoms with E-state index in [-0.39, 0.29) is 17.5 Å². The third kappa shape index (κ3) is 5.05. The van der Waals surface area contributed by atoms with Gasteiger partial charge in [0.1, 0.15) is 24.0 Å². The van der Waals surface area contributed by atoms with Crippen molar-refractivity contribution in [2.75, 3.05) is 34.8 Å². The number of carbonyl (C=O) groups is 1. The third-order valence-corrected chi connectivity index (χ3v) is 4.19. The van der Waals surface area contributed by atoms with E-state index < -0.39 is 0 Å². The molecule has 1 fully saturated rings. The Balaban J connectivity index is 1.99. The van der Waals surface area contributed by atoms with Crippen LogP contribution >= 0.6 is 11.8 Å². The summed E-state index contributed by atoms with van der Waals surface area (Å²) in [4.78, 5) is 22.9. The minimum absolute atomic E-state index is 0.0398. The number of thioether (sulfide) groups is 1.